The highest BCUT2D eigenvalue weighted by Gasteiger charge is 2.36. The number of imidazole rings is 1. The lowest BCUT2D eigenvalue weighted by atomic mass is 9.77. The molecule has 0 spiro atoms. The van der Waals surface area contributed by atoms with E-state index in [9.17, 15) is 9.18 Å². The van der Waals surface area contributed by atoms with Gasteiger partial charge in [-0.3, -0.25) is 0 Å². The van der Waals surface area contributed by atoms with Crippen LogP contribution in [0.1, 0.15) is 55.7 Å². The molecule has 1 fully saturated rings. The maximum Gasteiger partial charge on any atom is 0.408 e. The number of amides is 1. The zero-order valence-electron chi connectivity index (χ0n) is 15.3. The first-order chi connectivity index (χ1) is 12.4. The van der Waals surface area contributed by atoms with Gasteiger partial charge in [-0.25, -0.2) is 14.2 Å². The molecule has 5 nitrogen and oxygen atoms in total. The Labute approximate surface area is 153 Å². The normalized spacial score (nSPS) is 24.0. The first-order valence-electron chi connectivity index (χ1n) is 9.10. The van der Waals surface area contributed by atoms with Gasteiger partial charge in [-0.15, -0.1) is 0 Å². The van der Waals surface area contributed by atoms with E-state index in [2.05, 4.69) is 15.3 Å². The SMILES string of the molecule is Cc1ncc(C(NC(=O)OCc2ccccc2)C2CCC(C)(F)CC2)[nH]1. The number of hydrogen-bond donors (Lipinski definition) is 2. The van der Waals surface area contributed by atoms with E-state index in [-0.39, 0.29) is 18.6 Å². The Balaban J connectivity index is 1.65. The molecule has 1 aromatic heterocycles. The molecule has 26 heavy (non-hydrogen) atoms. The lowest BCUT2D eigenvalue weighted by molar-refractivity contribution is 0.0846. The molecule has 1 amide bonds. The minimum absolute atomic E-state index is 0.156. The van der Waals surface area contributed by atoms with Crippen LogP contribution in [0, 0.1) is 12.8 Å². The summed E-state index contributed by atoms with van der Waals surface area (Å²) in [5.74, 6) is 0.943. The topological polar surface area (TPSA) is 67.0 Å². The Hall–Kier alpha value is -2.37. The van der Waals surface area contributed by atoms with Crippen molar-refractivity contribution in [2.24, 2.45) is 5.92 Å². The van der Waals surface area contributed by atoms with Crippen molar-refractivity contribution < 1.29 is 13.9 Å². The zero-order chi connectivity index (χ0) is 18.6. The molecule has 1 aromatic carbocycles. The lowest BCUT2D eigenvalue weighted by Gasteiger charge is -2.35. The monoisotopic (exact) mass is 359 g/mol. The Morgan fingerprint density at radius 2 is 2.08 bits per heavy atom. The molecular formula is C20H26FN3O2. The van der Waals surface area contributed by atoms with E-state index in [1.807, 2.05) is 37.3 Å². The van der Waals surface area contributed by atoms with E-state index in [0.717, 1.165) is 17.1 Å². The third-order valence-electron chi connectivity index (χ3n) is 5.09. The number of aromatic amines is 1. The number of halogens is 1. The van der Waals surface area contributed by atoms with Crippen LogP contribution in [-0.2, 0) is 11.3 Å². The molecule has 0 radical (unpaired) electrons. The van der Waals surface area contributed by atoms with Crippen LogP contribution in [0.25, 0.3) is 0 Å². The second-order valence-corrected chi connectivity index (χ2v) is 7.36. The van der Waals surface area contributed by atoms with Gasteiger partial charge in [-0.05, 0) is 51.0 Å². The molecule has 1 aliphatic carbocycles. The van der Waals surface area contributed by atoms with Crippen LogP contribution in [0.5, 0.6) is 0 Å². The average molecular weight is 359 g/mol. The average Bonchev–Trinajstić information content (AvgIpc) is 3.05. The summed E-state index contributed by atoms with van der Waals surface area (Å²) in [6.45, 7) is 3.74. The van der Waals surface area contributed by atoms with E-state index >= 15 is 0 Å². The van der Waals surface area contributed by atoms with Crippen molar-refractivity contribution in [1.29, 1.82) is 0 Å². The maximum absolute atomic E-state index is 14.2. The number of nitrogens with one attached hydrogen (secondary N) is 2. The number of carbonyl (C=O) groups excluding carboxylic acids is 1. The number of rotatable bonds is 5. The van der Waals surface area contributed by atoms with Gasteiger partial charge < -0.3 is 15.0 Å². The summed E-state index contributed by atoms with van der Waals surface area (Å²) in [6, 6.07) is 9.29. The van der Waals surface area contributed by atoms with Gasteiger partial charge in [0.25, 0.3) is 0 Å². The third kappa shape index (κ3) is 4.84. The number of aromatic nitrogens is 2. The van der Waals surface area contributed by atoms with Gasteiger partial charge in [0.1, 0.15) is 18.1 Å². The van der Waals surface area contributed by atoms with E-state index in [4.69, 9.17) is 4.74 Å². The number of alkyl halides is 1. The van der Waals surface area contributed by atoms with Gasteiger partial charge in [0.15, 0.2) is 0 Å². The number of carbonyl (C=O) groups is 1. The zero-order valence-corrected chi connectivity index (χ0v) is 15.3. The fourth-order valence-corrected chi connectivity index (χ4v) is 3.51. The minimum Gasteiger partial charge on any atom is -0.445 e. The third-order valence-corrected chi connectivity index (χ3v) is 5.09. The largest absolute Gasteiger partial charge is 0.445 e. The van der Waals surface area contributed by atoms with Crippen LogP contribution >= 0.6 is 0 Å². The van der Waals surface area contributed by atoms with Crippen molar-refractivity contribution in [2.45, 2.75) is 57.8 Å². The molecule has 1 saturated carbocycles. The summed E-state index contributed by atoms with van der Waals surface area (Å²) in [4.78, 5) is 19.8. The number of H-pyrrole nitrogens is 1. The summed E-state index contributed by atoms with van der Waals surface area (Å²) in [6.07, 6.45) is 3.70. The Kier molecular flexibility index (Phi) is 5.59. The van der Waals surface area contributed by atoms with Crippen molar-refractivity contribution in [3.8, 4) is 0 Å². The van der Waals surface area contributed by atoms with Crippen molar-refractivity contribution in [3.63, 3.8) is 0 Å². The van der Waals surface area contributed by atoms with Crippen LogP contribution in [0.2, 0.25) is 0 Å². The number of benzene rings is 1. The molecule has 2 aromatic rings. The van der Waals surface area contributed by atoms with Crippen LogP contribution in [0.3, 0.4) is 0 Å². The van der Waals surface area contributed by atoms with Crippen LogP contribution in [0.4, 0.5) is 9.18 Å². The molecule has 140 valence electrons. The maximum atomic E-state index is 14.2. The molecule has 1 unspecified atom stereocenters. The van der Waals surface area contributed by atoms with E-state index in [1.54, 1.807) is 13.1 Å². The highest BCUT2D eigenvalue weighted by atomic mass is 19.1. The Morgan fingerprint density at radius 3 is 2.69 bits per heavy atom. The smallest absolute Gasteiger partial charge is 0.408 e. The van der Waals surface area contributed by atoms with Crippen LogP contribution < -0.4 is 5.32 Å². The van der Waals surface area contributed by atoms with Crippen molar-refractivity contribution >= 4 is 6.09 Å². The quantitative estimate of drug-likeness (QED) is 0.819. The van der Waals surface area contributed by atoms with Crippen LogP contribution in [-0.4, -0.2) is 21.7 Å². The number of aryl methyl sites for hydroxylation is 1. The first-order valence-corrected chi connectivity index (χ1v) is 9.10. The highest BCUT2D eigenvalue weighted by molar-refractivity contribution is 5.67. The first kappa shape index (κ1) is 18.4. The lowest BCUT2D eigenvalue weighted by Crippen LogP contribution is -2.37. The summed E-state index contributed by atoms with van der Waals surface area (Å²) in [7, 11) is 0. The molecule has 1 heterocycles. The Bertz CT molecular complexity index is 720. The fraction of sp³-hybridized carbons (Fsp3) is 0.500. The molecule has 2 N–H and O–H groups in total. The molecule has 6 heteroatoms. The standard InChI is InChI=1S/C20H26FN3O2/c1-14-22-12-17(23-14)18(16-8-10-20(2,21)11-9-16)24-19(25)26-13-15-6-4-3-5-7-15/h3-7,12,16,18H,8-11,13H2,1-2H3,(H,22,23)(H,24,25). The molecule has 1 atom stereocenters. The highest BCUT2D eigenvalue weighted by Crippen LogP contribution is 2.40. The number of nitrogens with zero attached hydrogens (tertiary/aromatic N) is 1. The van der Waals surface area contributed by atoms with Crippen molar-refractivity contribution in [3.05, 3.63) is 53.6 Å². The summed E-state index contributed by atoms with van der Waals surface area (Å²) >= 11 is 0. The fourth-order valence-electron chi connectivity index (χ4n) is 3.51. The molecule has 0 saturated heterocycles. The van der Waals surface area contributed by atoms with Gasteiger partial charge in [-0.2, -0.15) is 0 Å². The minimum atomic E-state index is -1.11. The number of alkyl carbamates (subject to hydrolysis) is 1. The van der Waals surface area contributed by atoms with Crippen molar-refractivity contribution in [2.75, 3.05) is 0 Å². The molecule has 1 aliphatic rings. The van der Waals surface area contributed by atoms with Gasteiger partial charge in [-0.1, -0.05) is 30.3 Å². The van der Waals surface area contributed by atoms with Gasteiger partial charge >= 0.3 is 6.09 Å². The van der Waals surface area contributed by atoms with E-state index < -0.39 is 11.8 Å². The summed E-state index contributed by atoms with van der Waals surface area (Å²) < 4.78 is 19.5. The summed E-state index contributed by atoms with van der Waals surface area (Å²) in [5, 5.41) is 2.96. The van der Waals surface area contributed by atoms with Crippen LogP contribution in [0.15, 0.2) is 36.5 Å². The summed E-state index contributed by atoms with van der Waals surface area (Å²) in [5.41, 5.74) is 0.660. The molecule has 3 rings (SSSR count). The van der Waals surface area contributed by atoms with Gasteiger partial charge in [0.2, 0.25) is 0 Å². The van der Waals surface area contributed by atoms with E-state index in [1.165, 1.54) is 0 Å². The molecule has 0 aliphatic heterocycles. The Morgan fingerprint density at radius 1 is 1.38 bits per heavy atom. The number of ether oxygens (including phenoxy) is 1. The van der Waals surface area contributed by atoms with E-state index in [0.29, 0.717) is 25.7 Å². The predicted molar refractivity (Wildman–Crippen MR) is 97.3 cm³/mol. The van der Waals surface area contributed by atoms with Gasteiger partial charge in [0.05, 0.1) is 17.9 Å². The van der Waals surface area contributed by atoms with Crippen molar-refractivity contribution in [1.82, 2.24) is 15.3 Å². The molecule has 0 bridgehead atoms. The second-order valence-electron chi connectivity index (χ2n) is 7.36. The molecular weight excluding hydrogens is 333 g/mol. The predicted octanol–water partition coefficient (Wildman–Crippen LogP) is 4.60. The second kappa shape index (κ2) is 7.89. The van der Waals surface area contributed by atoms with Gasteiger partial charge in [0, 0.05) is 0 Å². The number of hydrogen-bond acceptors (Lipinski definition) is 3.